The number of nitrogens with zero attached hydrogens (tertiary/aromatic N) is 2. The van der Waals surface area contributed by atoms with E-state index in [0.717, 1.165) is 10.0 Å². The number of ether oxygens (including phenoxy) is 1. The first-order valence-corrected chi connectivity index (χ1v) is 6.47. The Bertz CT molecular complexity index is 593. The lowest BCUT2D eigenvalue weighted by Gasteiger charge is -2.19. The fourth-order valence-electron chi connectivity index (χ4n) is 2.07. The van der Waals surface area contributed by atoms with Gasteiger partial charge in [-0.05, 0) is 33.6 Å². The topological polar surface area (TPSA) is 44.1 Å². The van der Waals surface area contributed by atoms with Crippen LogP contribution in [0, 0.1) is 0 Å². The third kappa shape index (κ3) is 2.06. The molecule has 2 aromatic rings. The van der Waals surface area contributed by atoms with Crippen molar-refractivity contribution in [3.63, 3.8) is 0 Å². The average Bonchev–Trinajstić information content (AvgIpc) is 2.83. The van der Waals surface area contributed by atoms with Crippen LogP contribution in [0.25, 0.3) is 0 Å². The van der Waals surface area contributed by atoms with Gasteiger partial charge in [0.15, 0.2) is 5.78 Å². The van der Waals surface area contributed by atoms with Gasteiger partial charge < -0.3 is 9.30 Å². The van der Waals surface area contributed by atoms with E-state index in [4.69, 9.17) is 4.74 Å². The summed E-state index contributed by atoms with van der Waals surface area (Å²) in [5.74, 6) is 0.810. The zero-order valence-electron chi connectivity index (χ0n) is 9.60. The van der Waals surface area contributed by atoms with Crippen molar-refractivity contribution in [2.45, 2.75) is 13.0 Å². The van der Waals surface area contributed by atoms with Gasteiger partial charge in [0.25, 0.3) is 0 Å². The van der Waals surface area contributed by atoms with E-state index in [0.29, 0.717) is 30.9 Å². The van der Waals surface area contributed by atoms with Gasteiger partial charge in [-0.2, -0.15) is 0 Å². The van der Waals surface area contributed by atoms with Crippen molar-refractivity contribution in [2.75, 3.05) is 6.61 Å². The zero-order chi connectivity index (χ0) is 12.5. The molecule has 1 aromatic carbocycles. The third-order valence-corrected chi connectivity index (χ3v) is 3.49. The largest absolute Gasteiger partial charge is 0.491 e. The van der Waals surface area contributed by atoms with E-state index in [9.17, 15) is 4.79 Å². The van der Waals surface area contributed by atoms with Gasteiger partial charge in [0, 0.05) is 25.4 Å². The zero-order valence-corrected chi connectivity index (χ0v) is 11.2. The molecule has 1 aliphatic heterocycles. The number of benzene rings is 1. The minimum Gasteiger partial charge on any atom is -0.491 e. The molecular formula is C13H11BrN2O2. The molecule has 5 heteroatoms. The number of rotatable bonds is 2. The van der Waals surface area contributed by atoms with Gasteiger partial charge in [0.2, 0.25) is 0 Å². The van der Waals surface area contributed by atoms with Crippen LogP contribution >= 0.6 is 15.9 Å². The van der Waals surface area contributed by atoms with Crippen molar-refractivity contribution in [1.29, 1.82) is 0 Å². The summed E-state index contributed by atoms with van der Waals surface area (Å²) in [4.78, 5) is 15.9. The van der Waals surface area contributed by atoms with Crippen molar-refractivity contribution in [3.05, 3.63) is 46.5 Å². The quantitative estimate of drug-likeness (QED) is 0.857. The fraction of sp³-hybridized carbons (Fsp3) is 0.231. The van der Waals surface area contributed by atoms with Crippen LogP contribution in [0.2, 0.25) is 0 Å². The highest BCUT2D eigenvalue weighted by atomic mass is 79.9. The summed E-state index contributed by atoms with van der Waals surface area (Å²) in [6, 6.07) is 3.89. The summed E-state index contributed by atoms with van der Waals surface area (Å²) in [7, 11) is 0. The normalized spacial score (nSPS) is 14.2. The van der Waals surface area contributed by atoms with Crippen LogP contribution in [0.3, 0.4) is 0 Å². The van der Waals surface area contributed by atoms with E-state index < -0.39 is 0 Å². The molecule has 3 rings (SSSR count). The van der Waals surface area contributed by atoms with Crippen molar-refractivity contribution in [1.82, 2.24) is 9.55 Å². The van der Waals surface area contributed by atoms with Crippen molar-refractivity contribution >= 4 is 21.7 Å². The second-order valence-corrected chi connectivity index (χ2v) is 5.07. The molecule has 0 fully saturated rings. The molecule has 4 nitrogen and oxygen atoms in total. The second kappa shape index (κ2) is 4.57. The first-order valence-electron chi connectivity index (χ1n) is 5.68. The van der Waals surface area contributed by atoms with Gasteiger partial charge in [-0.1, -0.05) is 0 Å². The van der Waals surface area contributed by atoms with Gasteiger partial charge in [-0.3, -0.25) is 4.79 Å². The predicted octanol–water partition coefficient (Wildman–Crippen LogP) is 2.66. The Morgan fingerprint density at radius 2 is 2.33 bits per heavy atom. The van der Waals surface area contributed by atoms with Crippen LogP contribution in [0.4, 0.5) is 0 Å². The molecule has 0 N–H and O–H groups in total. The molecule has 1 aromatic heterocycles. The van der Waals surface area contributed by atoms with E-state index in [1.54, 1.807) is 12.5 Å². The lowest BCUT2D eigenvalue weighted by molar-refractivity contribution is 0.0932. The number of ketones is 1. The maximum atomic E-state index is 11.9. The monoisotopic (exact) mass is 306 g/mol. The number of carbonyl (C=O) groups is 1. The highest BCUT2D eigenvalue weighted by Crippen LogP contribution is 2.34. The Morgan fingerprint density at radius 3 is 3.11 bits per heavy atom. The van der Waals surface area contributed by atoms with Gasteiger partial charge in [-0.25, -0.2) is 4.98 Å². The number of aromatic nitrogens is 2. The molecule has 0 saturated carbocycles. The van der Waals surface area contributed by atoms with Crippen LogP contribution in [0.5, 0.6) is 5.75 Å². The summed E-state index contributed by atoms with van der Waals surface area (Å²) in [6.45, 7) is 1.16. The van der Waals surface area contributed by atoms with Crippen LogP contribution in [0.1, 0.15) is 22.3 Å². The number of halogens is 1. The first-order chi connectivity index (χ1) is 8.74. The van der Waals surface area contributed by atoms with Crippen LogP contribution < -0.4 is 4.74 Å². The number of fused-ring (bicyclic) bond motifs is 1. The van der Waals surface area contributed by atoms with E-state index in [2.05, 4.69) is 20.9 Å². The number of Topliss-reactive ketones (excluding diaryl/α,β-unsaturated/α-hetero) is 1. The molecule has 0 bridgehead atoms. The summed E-state index contributed by atoms with van der Waals surface area (Å²) in [5, 5.41) is 0. The molecule has 2 heterocycles. The molecule has 0 atom stereocenters. The van der Waals surface area contributed by atoms with Gasteiger partial charge in [0.05, 0.1) is 23.0 Å². The molecule has 0 aliphatic carbocycles. The molecular weight excluding hydrogens is 296 g/mol. The third-order valence-electron chi connectivity index (χ3n) is 2.90. The van der Waals surface area contributed by atoms with E-state index in [1.807, 2.05) is 22.9 Å². The van der Waals surface area contributed by atoms with Crippen LogP contribution in [0.15, 0.2) is 35.3 Å². The smallest absolute Gasteiger partial charge is 0.170 e. The first kappa shape index (κ1) is 11.5. The van der Waals surface area contributed by atoms with Crippen LogP contribution in [-0.4, -0.2) is 21.9 Å². The fourth-order valence-corrected chi connectivity index (χ4v) is 2.69. The lowest BCUT2D eigenvalue weighted by atomic mass is 10.0. The van der Waals surface area contributed by atoms with Crippen molar-refractivity contribution in [2.24, 2.45) is 0 Å². The maximum Gasteiger partial charge on any atom is 0.170 e. The highest BCUT2D eigenvalue weighted by molar-refractivity contribution is 9.10. The lowest BCUT2D eigenvalue weighted by Crippen LogP contribution is -2.16. The number of imidazole rings is 1. The van der Waals surface area contributed by atoms with E-state index >= 15 is 0 Å². The molecule has 0 spiro atoms. The highest BCUT2D eigenvalue weighted by Gasteiger charge is 2.21. The molecule has 0 amide bonds. The molecule has 0 unspecified atom stereocenters. The van der Waals surface area contributed by atoms with E-state index in [-0.39, 0.29) is 5.78 Å². The molecule has 1 aliphatic rings. The summed E-state index contributed by atoms with van der Waals surface area (Å²) >= 11 is 3.46. The Kier molecular flexibility index (Phi) is 2.91. The number of hydrogen-bond acceptors (Lipinski definition) is 3. The Labute approximate surface area is 113 Å². The number of hydrogen-bond donors (Lipinski definition) is 0. The van der Waals surface area contributed by atoms with Gasteiger partial charge in [0.1, 0.15) is 5.75 Å². The predicted molar refractivity (Wildman–Crippen MR) is 69.9 cm³/mol. The number of carbonyl (C=O) groups excluding carboxylic acids is 1. The maximum absolute atomic E-state index is 11.9. The van der Waals surface area contributed by atoms with E-state index in [1.165, 1.54) is 0 Å². The minimum atomic E-state index is 0.143. The molecule has 92 valence electrons. The minimum absolute atomic E-state index is 0.143. The summed E-state index contributed by atoms with van der Waals surface area (Å²) < 4.78 is 8.32. The van der Waals surface area contributed by atoms with Crippen molar-refractivity contribution < 1.29 is 9.53 Å². The summed E-state index contributed by atoms with van der Waals surface area (Å²) in [6.07, 6.45) is 5.84. The molecule has 0 radical (unpaired) electrons. The van der Waals surface area contributed by atoms with Crippen LogP contribution in [-0.2, 0) is 6.54 Å². The Balaban J connectivity index is 2.00. The van der Waals surface area contributed by atoms with Gasteiger partial charge >= 0.3 is 0 Å². The summed E-state index contributed by atoms with van der Waals surface area (Å²) in [5.41, 5.74) is 1.73. The average molecular weight is 307 g/mol. The Hall–Kier alpha value is -1.62. The Morgan fingerprint density at radius 1 is 1.44 bits per heavy atom. The standard InChI is InChI=1S/C13H11BrN2O2/c14-11-6-9(7-16-3-2-15-8-16)5-10-12(17)1-4-18-13(10)11/h2-3,5-6,8H,1,4,7H2. The molecule has 18 heavy (non-hydrogen) atoms. The van der Waals surface area contributed by atoms with Crippen molar-refractivity contribution in [3.8, 4) is 5.75 Å². The molecule has 0 saturated heterocycles. The second-order valence-electron chi connectivity index (χ2n) is 4.21. The SMILES string of the molecule is O=C1CCOc2c(Br)cc(Cn3ccnc3)cc21. The van der Waals surface area contributed by atoms with Gasteiger partial charge in [-0.15, -0.1) is 0 Å².